The molecule has 3 heteroatoms. The molecule has 1 saturated carbocycles. The zero-order valence-electron chi connectivity index (χ0n) is 17.4. The Kier molecular flexibility index (Phi) is 6.21. The van der Waals surface area contributed by atoms with Gasteiger partial charge in [-0.1, -0.05) is 44.2 Å². The predicted molar refractivity (Wildman–Crippen MR) is 112 cm³/mol. The van der Waals surface area contributed by atoms with E-state index in [1.165, 1.54) is 57.4 Å². The van der Waals surface area contributed by atoms with Crippen molar-refractivity contribution in [3.8, 4) is 0 Å². The standard InChI is InChI=1S/C24H38N2O/c1-24(2)22(17-23(24)19-26-13-15-27-16-14-26)10-12-25-11-6-9-21(18-25)20-7-4-3-5-8-20/h3-5,7-8,21-23H,6,9-19H2,1-2H3/t21-,22-,23?/m0/s1. The monoisotopic (exact) mass is 370 g/mol. The number of rotatable bonds is 6. The van der Waals surface area contributed by atoms with Crippen LogP contribution in [0, 0.1) is 17.3 Å². The summed E-state index contributed by atoms with van der Waals surface area (Å²) in [5, 5.41) is 0. The van der Waals surface area contributed by atoms with Crippen LogP contribution in [-0.2, 0) is 4.74 Å². The van der Waals surface area contributed by atoms with Crippen LogP contribution in [0.1, 0.15) is 51.0 Å². The highest BCUT2D eigenvalue weighted by Gasteiger charge is 2.47. The van der Waals surface area contributed by atoms with Crippen molar-refractivity contribution in [2.75, 3.05) is 52.5 Å². The Morgan fingerprint density at radius 3 is 2.52 bits per heavy atom. The Balaban J connectivity index is 1.23. The lowest BCUT2D eigenvalue weighted by Crippen LogP contribution is -2.52. The van der Waals surface area contributed by atoms with E-state index in [1.54, 1.807) is 0 Å². The fourth-order valence-electron chi connectivity index (χ4n) is 5.61. The average Bonchev–Trinajstić information content (AvgIpc) is 2.72. The largest absolute Gasteiger partial charge is 0.379 e. The van der Waals surface area contributed by atoms with Crippen molar-refractivity contribution < 1.29 is 4.74 Å². The summed E-state index contributed by atoms with van der Waals surface area (Å²) in [6, 6.07) is 11.2. The van der Waals surface area contributed by atoms with Gasteiger partial charge in [0, 0.05) is 26.2 Å². The first kappa shape index (κ1) is 19.4. The zero-order valence-corrected chi connectivity index (χ0v) is 17.4. The first-order valence-corrected chi connectivity index (χ1v) is 11.2. The second-order valence-corrected chi connectivity index (χ2v) is 9.70. The highest BCUT2D eigenvalue weighted by atomic mass is 16.5. The molecule has 27 heavy (non-hydrogen) atoms. The normalized spacial score (nSPS) is 32.1. The second-order valence-electron chi connectivity index (χ2n) is 9.70. The summed E-state index contributed by atoms with van der Waals surface area (Å²) in [6.07, 6.45) is 5.53. The molecule has 3 fully saturated rings. The molecule has 150 valence electrons. The lowest BCUT2D eigenvalue weighted by atomic mass is 9.53. The van der Waals surface area contributed by atoms with Crippen molar-refractivity contribution in [2.24, 2.45) is 17.3 Å². The number of ether oxygens (including phenoxy) is 1. The van der Waals surface area contributed by atoms with Crippen molar-refractivity contribution in [3.05, 3.63) is 35.9 Å². The summed E-state index contributed by atoms with van der Waals surface area (Å²) < 4.78 is 5.51. The number of hydrogen-bond acceptors (Lipinski definition) is 3. The van der Waals surface area contributed by atoms with Gasteiger partial charge in [-0.05, 0) is 67.5 Å². The molecule has 0 N–H and O–H groups in total. The molecule has 1 aromatic carbocycles. The molecule has 0 amide bonds. The van der Waals surface area contributed by atoms with E-state index in [-0.39, 0.29) is 0 Å². The van der Waals surface area contributed by atoms with Gasteiger partial charge < -0.3 is 9.64 Å². The molecule has 4 rings (SSSR count). The number of benzene rings is 1. The first-order valence-electron chi connectivity index (χ1n) is 11.2. The van der Waals surface area contributed by atoms with Crippen molar-refractivity contribution in [2.45, 2.75) is 45.4 Å². The van der Waals surface area contributed by atoms with Crippen LogP contribution in [-0.4, -0.2) is 62.3 Å². The van der Waals surface area contributed by atoms with Gasteiger partial charge in [0.15, 0.2) is 0 Å². The Hall–Kier alpha value is -0.900. The van der Waals surface area contributed by atoms with Crippen LogP contribution < -0.4 is 0 Å². The summed E-state index contributed by atoms with van der Waals surface area (Å²) in [5.41, 5.74) is 2.05. The van der Waals surface area contributed by atoms with E-state index in [1.807, 2.05) is 0 Å². The van der Waals surface area contributed by atoms with E-state index in [9.17, 15) is 0 Å². The van der Waals surface area contributed by atoms with Gasteiger partial charge in [0.05, 0.1) is 13.2 Å². The molecule has 3 nitrogen and oxygen atoms in total. The Morgan fingerprint density at radius 2 is 1.78 bits per heavy atom. The average molecular weight is 371 g/mol. The molecule has 0 aromatic heterocycles. The molecule has 3 aliphatic rings. The topological polar surface area (TPSA) is 15.7 Å². The number of piperidine rings is 1. The summed E-state index contributed by atoms with van der Waals surface area (Å²) >= 11 is 0. The Bertz CT molecular complexity index is 581. The van der Waals surface area contributed by atoms with Gasteiger partial charge >= 0.3 is 0 Å². The molecular formula is C24H38N2O. The minimum atomic E-state index is 0.507. The van der Waals surface area contributed by atoms with Crippen LogP contribution >= 0.6 is 0 Å². The van der Waals surface area contributed by atoms with Crippen LogP contribution in [0.15, 0.2) is 30.3 Å². The van der Waals surface area contributed by atoms with Crippen LogP contribution in [0.2, 0.25) is 0 Å². The maximum absolute atomic E-state index is 5.51. The molecule has 2 aliphatic heterocycles. The number of nitrogens with zero attached hydrogens (tertiary/aromatic N) is 2. The van der Waals surface area contributed by atoms with Gasteiger partial charge in [-0.3, -0.25) is 4.90 Å². The van der Waals surface area contributed by atoms with Gasteiger partial charge in [-0.15, -0.1) is 0 Å². The Labute approximate surface area is 166 Å². The van der Waals surface area contributed by atoms with Crippen molar-refractivity contribution in [1.29, 1.82) is 0 Å². The fraction of sp³-hybridized carbons (Fsp3) is 0.750. The van der Waals surface area contributed by atoms with Gasteiger partial charge in [0.2, 0.25) is 0 Å². The molecule has 1 aromatic rings. The molecule has 1 unspecified atom stereocenters. The summed E-state index contributed by atoms with van der Waals surface area (Å²) in [5.74, 6) is 2.52. The molecule has 0 radical (unpaired) electrons. The van der Waals surface area contributed by atoms with E-state index in [0.717, 1.165) is 44.1 Å². The third kappa shape index (κ3) is 4.58. The van der Waals surface area contributed by atoms with Crippen LogP contribution in [0.3, 0.4) is 0 Å². The number of morpholine rings is 1. The summed E-state index contributed by atoms with van der Waals surface area (Å²) in [4.78, 5) is 5.37. The second kappa shape index (κ2) is 8.63. The Morgan fingerprint density at radius 1 is 1.00 bits per heavy atom. The van der Waals surface area contributed by atoms with Crippen molar-refractivity contribution >= 4 is 0 Å². The number of hydrogen-bond donors (Lipinski definition) is 0. The molecule has 0 bridgehead atoms. The predicted octanol–water partition coefficient (Wildman–Crippen LogP) is 4.25. The number of likely N-dealkylation sites (tertiary alicyclic amines) is 1. The van der Waals surface area contributed by atoms with E-state index >= 15 is 0 Å². The zero-order chi connectivity index (χ0) is 18.7. The van der Waals surface area contributed by atoms with E-state index in [2.05, 4.69) is 54.0 Å². The molecule has 2 saturated heterocycles. The van der Waals surface area contributed by atoms with Crippen molar-refractivity contribution in [1.82, 2.24) is 9.80 Å². The quantitative estimate of drug-likeness (QED) is 0.744. The third-order valence-corrected chi connectivity index (χ3v) is 7.83. The maximum Gasteiger partial charge on any atom is 0.0594 e. The van der Waals surface area contributed by atoms with Crippen LogP contribution in [0.5, 0.6) is 0 Å². The SMILES string of the molecule is CC1(C)C(CN2CCOCC2)C[C@@H]1CCN1CCC[C@H](c2ccccc2)C1. The van der Waals surface area contributed by atoms with Gasteiger partial charge in [-0.2, -0.15) is 0 Å². The third-order valence-electron chi connectivity index (χ3n) is 7.83. The van der Waals surface area contributed by atoms with Gasteiger partial charge in [0.25, 0.3) is 0 Å². The molecule has 3 atom stereocenters. The fourth-order valence-corrected chi connectivity index (χ4v) is 5.61. The summed E-state index contributed by atoms with van der Waals surface area (Å²) in [6.45, 7) is 14.3. The lowest BCUT2D eigenvalue weighted by Gasteiger charge is -2.54. The van der Waals surface area contributed by atoms with E-state index < -0.39 is 0 Å². The van der Waals surface area contributed by atoms with Crippen molar-refractivity contribution in [3.63, 3.8) is 0 Å². The smallest absolute Gasteiger partial charge is 0.0594 e. The molecule has 0 spiro atoms. The van der Waals surface area contributed by atoms with E-state index in [4.69, 9.17) is 4.74 Å². The van der Waals surface area contributed by atoms with Gasteiger partial charge in [0.1, 0.15) is 0 Å². The lowest BCUT2D eigenvalue weighted by molar-refractivity contribution is -0.0633. The minimum absolute atomic E-state index is 0.507. The molecule has 1 aliphatic carbocycles. The highest BCUT2D eigenvalue weighted by Crippen LogP contribution is 2.53. The maximum atomic E-state index is 5.51. The highest BCUT2D eigenvalue weighted by molar-refractivity contribution is 5.20. The minimum Gasteiger partial charge on any atom is -0.379 e. The molecule has 2 heterocycles. The van der Waals surface area contributed by atoms with E-state index in [0.29, 0.717) is 5.41 Å². The first-order chi connectivity index (χ1) is 13.1. The van der Waals surface area contributed by atoms with Crippen LogP contribution in [0.4, 0.5) is 0 Å². The van der Waals surface area contributed by atoms with Gasteiger partial charge in [-0.25, -0.2) is 0 Å². The summed E-state index contributed by atoms with van der Waals surface area (Å²) in [7, 11) is 0. The molecular weight excluding hydrogens is 332 g/mol. The van der Waals surface area contributed by atoms with Crippen LogP contribution in [0.25, 0.3) is 0 Å².